The molecular formula is C12H24N2O5S. The lowest BCUT2D eigenvalue weighted by Crippen LogP contribution is -2.41. The van der Waals surface area contributed by atoms with E-state index in [0.29, 0.717) is 12.1 Å². The maximum atomic E-state index is 11.0. The van der Waals surface area contributed by atoms with Crippen LogP contribution in [0.25, 0.3) is 0 Å². The number of carbonyl (C=O) groups excluding carboxylic acids is 1. The van der Waals surface area contributed by atoms with Gasteiger partial charge in [-0.25, -0.2) is 8.42 Å². The molecule has 0 radical (unpaired) electrons. The number of likely N-dealkylation sites (N-methyl/N-ethyl adjacent to an activating group) is 1. The fraction of sp³-hybridized carbons (Fsp3) is 0.583. The van der Waals surface area contributed by atoms with Gasteiger partial charge < -0.3 is 14.4 Å². The highest BCUT2D eigenvalue weighted by Gasteiger charge is 2.07. The van der Waals surface area contributed by atoms with Gasteiger partial charge in [0, 0.05) is 5.57 Å². The molecule has 0 fully saturated rings. The van der Waals surface area contributed by atoms with Gasteiger partial charge in [-0.3, -0.25) is 8.98 Å². The molecule has 0 heterocycles. The Morgan fingerprint density at radius 2 is 1.90 bits per heavy atom. The average Bonchev–Trinajstić information content (AvgIpc) is 2.24. The number of hydrogen-bond acceptors (Lipinski definition) is 5. The van der Waals surface area contributed by atoms with E-state index in [9.17, 15) is 17.8 Å². The Labute approximate surface area is 121 Å². The molecule has 0 saturated carbocycles. The van der Waals surface area contributed by atoms with Crippen LogP contribution in [-0.2, 0) is 19.4 Å². The first-order valence-electron chi connectivity index (χ1n) is 5.84. The number of carbonyl (C=O) groups is 1. The van der Waals surface area contributed by atoms with Crippen LogP contribution in [0.4, 0.5) is 0 Å². The molecule has 0 unspecified atom stereocenters. The zero-order valence-corrected chi connectivity index (χ0v) is 13.3. The molecule has 0 spiro atoms. The van der Waals surface area contributed by atoms with E-state index >= 15 is 0 Å². The quantitative estimate of drug-likeness (QED) is 0.235. The molecule has 7 nitrogen and oxygen atoms in total. The largest absolute Gasteiger partial charge is 0.726 e. The van der Waals surface area contributed by atoms with Gasteiger partial charge in [0.1, 0.15) is 0 Å². The van der Waals surface area contributed by atoms with Crippen molar-refractivity contribution in [3.63, 3.8) is 0 Å². The maximum Gasteiger partial charge on any atom is 0.246 e. The van der Waals surface area contributed by atoms with Crippen molar-refractivity contribution < 1.29 is 26.4 Å². The standard InChI is InChI=1S/C9H18N2O.C3H6O4S/c1-8(2)9(12)10-6-7-11(3,4)5;1-2-3-7-8(4,5)6/h1,6-7H2,2-5H3;2H,1,3H2,(H,4,5,6). The second-order valence-electron chi connectivity index (χ2n) is 5.03. The van der Waals surface area contributed by atoms with Gasteiger partial charge in [-0.1, -0.05) is 12.7 Å². The van der Waals surface area contributed by atoms with Crippen LogP contribution in [0, 0.1) is 0 Å². The van der Waals surface area contributed by atoms with Crippen molar-refractivity contribution in [3.8, 4) is 0 Å². The maximum absolute atomic E-state index is 11.0. The van der Waals surface area contributed by atoms with Crippen molar-refractivity contribution in [1.82, 2.24) is 5.32 Å². The third-order valence-electron chi connectivity index (χ3n) is 1.79. The zero-order valence-electron chi connectivity index (χ0n) is 12.5. The molecule has 118 valence electrons. The topological polar surface area (TPSA) is 95.5 Å². The number of amides is 1. The van der Waals surface area contributed by atoms with Gasteiger partial charge in [0.25, 0.3) is 0 Å². The minimum atomic E-state index is -4.51. The number of hydrogen-bond donors (Lipinski definition) is 1. The van der Waals surface area contributed by atoms with E-state index in [2.05, 4.69) is 43.8 Å². The lowest BCUT2D eigenvalue weighted by atomic mass is 10.3. The number of rotatable bonds is 7. The van der Waals surface area contributed by atoms with Crippen molar-refractivity contribution in [2.75, 3.05) is 40.8 Å². The van der Waals surface area contributed by atoms with E-state index in [1.165, 1.54) is 6.08 Å². The molecule has 0 aliphatic rings. The molecule has 0 bridgehead atoms. The summed E-state index contributed by atoms with van der Waals surface area (Å²) in [6.45, 7) is 9.77. The van der Waals surface area contributed by atoms with E-state index in [-0.39, 0.29) is 12.5 Å². The molecule has 0 aromatic rings. The smallest absolute Gasteiger partial charge is 0.246 e. The second-order valence-corrected chi connectivity index (χ2v) is 6.08. The van der Waals surface area contributed by atoms with Crippen LogP contribution in [0.3, 0.4) is 0 Å². The normalized spacial score (nSPS) is 11.1. The highest BCUT2D eigenvalue weighted by molar-refractivity contribution is 7.80. The van der Waals surface area contributed by atoms with E-state index in [0.717, 1.165) is 11.0 Å². The number of nitrogens with zero attached hydrogens (tertiary/aromatic N) is 1. The Kier molecular flexibility index (Phi) is 10.2. The van der Waals surface area contributed by atoms with Crippen LogP contribution in [0.1, 0.15) is 6.92 Å². The predicted molar refractivity (Wildman–Crippen MR) is 76.6 cm³/mol. The van der Waals surface area contributed by atoms with Crippen LogP contribution in [0.15, 0.2) is 24.8 Å². The fourth-order valence-corrected chi connectivity index (χ4v) is 1.05. The van der Waals surface area contributed by atoms with Gasteiger partial charge in [-0.05, 0) is 6.92 Å². The third kappa shape index (κ3) is 19.1. The van der Waals surface area contributed by atoms with E-state index in [1.807, 2.05) is 0 Å². The van der Waals surface area contributed by atoms with E-state index in [4.69, 9.17) is 0 Å². The van der Waals surface area contributed by atoms with Crippen molar-refractivity contribution in [2.45, 2.75) is 6.92 Å². The van der Waals surface area contributed by atoms with Crippen LogP contribution < -0.4 is 5.32 Å². The Balaban J connectivity index is 0. The van der Waals surface area contributed by atoms with Crippen molar-refractivity contribution in [3.05, 3.63) is 24.8 Å². The summed E-state index contributed by atoms with van der Waals surface area (Å²) >= 11 is 0. The summed E-state index contributed by atoms with van der Waals surface area (Å²) in [5.74, 6) is -0.0524. The monoisotopic (exact) mass is 308 g/mol. The Morgan fingerprint density at radius 3 is 2.15 bits per heavy atom. The lowest BCUT2D eigenvalue weighted by Gasteiger charge is -2.23. The highest BCUT2D eigenvalue weighted by atomic mass is 32.3. The molecule has 0 saturated heterocycles. The van der Waals surface area contributed by atoms with Crippen LogP contribution in [-0.4, -0.2) is 64.2 Å². The highest BCUT2D eigenvalue weighted by Crippen LogP contribution is 1.89. The SMILES string of the molecule is C=C(C)C(=O)NCC[N+](C)(C)C.C=CCOS(=O)(=O)[O-]. The van der Waals surface area contributed by atoms with Gasteiger partial charge >= 0.3 is 0 Å². The number of quaternary nitrogens is 1. The summed E-state index contributed by atoms with van der Waals surface area (Å²) < 4.78 is 33.2. The van der Waals surface area contributed by atoms with Gasteiger partial charge in [-0.2, -0.15) is 0 Å². The zero-order chi connectivity index (χ0) is 16.4. The van der Waals surface area contributed by atoms with E-state index < -0.39 is 10.4 Å². The van der Waals surface area contributed by atoms with Crippen LogP contribution >= 0.6 is 0 Å². The molecule has 0 aliphatic heterocycles. The molecule has 1 N–H and O–H groups in total. The van der Waals surface area contributed by atoms with Crippen molar-refractivity contribution in [1.29, 1.82) is 0 Å². The molecule has 0 rings (SSSR count). The summed E-state index contributed by atoms with van der Waals surface area (Å²) in [6.07, 6.45) is 1.18. The van der Waals surface area contributed by atoms with Gasteiger partial charge in [0.2, 0.25) is 16.3 Å². The molecule has 1 amide bonds. The minimum Gasteiger partial charge on any atom is -0.726 e. The lowest BCUT2D eigenvalue weighted by molar-refractivity contribution is -0.869. The van der Waals surface area contributed by atoms with Crippen molar-refractivity contribution in [2.24, 2.45) is 0 Å². The summed E-state index contributed by atoms with van der Waals surface area (Å²) in [4.78, 5) is 11.0. The molecular weight excluding hydrogens is 284 g/mol. The Morgan fingerprint density at radius 1 is 1.40 bits per heavy atom. The Bertz CT molecular complexity index is 424. The molecule has 0 aromatic heterocycles. The number of nitrogens with one attached hydrogen (secondary N) is 1. The third-order valence-corrected chi connectivity index (χ3v) is 2.21. The summed E-state index contributed by atoms with van der Waals surface area (Å²) in [7, 11) is 1.76. The van der Waals surface area contributed by atoms with Crippen molar-refractivity contribution >= 4 is 16.3 Å². The Hall–Kier alpha value is -1.22. The summed E-state index contributed by atoms with van der Waals surface area (Å²) in [6, 6.07) is 0. The van der Waals surface area contributed by atoms with Crippen LogP contribution in [0.2, 0.25) is 0 Å². The summed E-state index contributed by atoms with van der Waals surface area (Å²) in [5.41, 5.74) is 0.566. The first kappa shape index (κ1) is 21.1. The molecule has 0 aliphatic carbocycles. The van der Waals surface area contributed by atoms with Gasteiger partial charge in [-0.15, -0.1) is 6.58 Å². The molecule has 0 atom stereocenters. The first-order valence-corrected chi connectivity index (χ1v) is 7.17. The van der Waals surface area contributed by atoms with Crippen LogP contribution in [0.5, 0.6) is 0 Å². The minimum absolute atomic E-state index is 0.0524. The van der Waals surface area contributed by atoms with E-state index in [1.54, 1.807) is 6.92 Å². The fourth-order valence-electron chi connectivity index (χ4n) is 0.787. The predicted octanol–water partition coefficient (Wildman–Crippen LogP) is 0.0341. The average molecular weight is 308 g/mol. The molecule has 8 heteroatoms. The van der Waals surface area contributed by atoms with Gasteiger partial charge in [0.15, 0.2) is 0 Å². The first-order chi connectivity index (χ1) is 8.89. The second kappa shape index (κ2) is 9.65. The molecule has 20 heavy (non-hydrogen) atoms. The summed E-state index contributed by atoms with van der Waals surface area (Å²) in [5, 5.41) is 2.78. The van der Waals surface area contributed by atoms with Gasteiger partial charge in [0.05, 0.1) is 40.8 Å². The molecule has 0 aromatic carbocycles.